The molecule has 0 bridgehead atoms. The standard InChI is InChI=1S/C13H19NO2/c1-3-9(2)12(13(15)16)11-6-4-10(8-14)5-7-11/h4-7,9,12H,3,8,14H2,1-2H3,(H,15,16). The van der Waals surface area contributed by atoms with Gasteiger partial charge in [-0.15, -0.1) is 0 Å². The Morgan fingerprint density at radius 1 is 1.38 bits per heavy atom. The lowest BCUT2D eigenvalue weighted by atomic mass is 9.85. The molecule has 0 spiro atoms. The maximum Gasteiger partial charge on any atom is 0.311 e. The van der Waals surface area contributed by atoms with Crippen molar-refractivity contribution in [2.75, 3.05) is 0 Å². The van der Waals surface area contributed by atoms with Crippen molar-refractivity contribution in [3.05, 3.63) is 35.4 Å². The zero-order chi connectivity index (χ0) is 12.1. The van der Waals surface area contributed by atoms with Gasteiger partial charge in [-0.1, -0.05) is 44.5 Å². The Balaban J connectivity index is 2.97. The molecule has 0 fully saturated rings. The van der Waals surface area contributed by atoms with E-state index in [0.29, 0.717) is 6.54 Å². The Bertz CT molecular complexity index is 345. The van der Waals surface area contributed by atoms with Crippen molar-refractivity contribution in [1.82, 2.24) is 0 Å². The lowest BCUT2D eigenvalue weighted by Crippen LogP contribution is -2.19. The first-order chi connectivity index (χ1) is 7.60. The first kappa shape index (κ1) is 12.7. The summed E-state index contributed by atoms with van der Waals surface area (Å²) in [6, 6.07) is 7.53. The first-order valence-electron chi connectivity index (χ1n) is 5.61. The molecule has 2 unspecified atom stereocenters. The molecule has 0 saturated heterocycles. The van der Waals surface area contributed by atoms with Crippen LogP contribution in [0.15, 0.2) is 24.3 Å². The van der Waals surface area contributed by atoms with Gasteiger partial charge in [0.15, 0.2) is 0 Å². The van der Waals surface area contributed by atoms with Crippen LogP contribution >= 0.6 is 0 Å². The predicted molar refractivity (Wildman–Crippen MR) is 64.2 cm³/mol. The van der Waals surface area contributed by atoms with Gasteiger partial charge in [-0.2, -0.15) is 0 Å². The zero-order valence-electron chi connectivity index (χ0n) is 9.81. The molecule has 0 amide bonds. The molecule has 0 aromatic heterocycles. The molecular formula is C13H19NO2. The molecule has 0 radical (unpaired) electrons. The van der Waals surface area contributed by atoms with Gasteiger partial charge in [-0.05, 0) is 17.0 Å². The topological polar surface area (TPSA) is 63.3 Å². The van der Waals surface area contributed by atoms with Crippen LogP contribution in [0.2, 0.25) is 0 Å². The lowest BCUT2D eigenvalue weighted by molar-refractivity contribution is -0.140. The highest BCUT2D eigenvalue weighted by molar-refractivity contribution is 5.76. The summed E-state index contributed by atoms with van der Waals surface area (Å²) < 4.78 is 0. The number of benzene rings is 1. The summed E-state index contributed by atoms with van der Waals surface area (Å²) in [5.74, 6) is -1.03. The van der Waals surface area contributed by atoms with E-state index in [0.717, 1.165) is 17.5 Å². The monoisotopic (exact) mass is 221 g/mol. The van der Waals surface area contributed by atoms with Crippen molar-refractivity contribution in [3.8, 4) is 0 Å². The molecule has 16 heavy (non-hydrogen) atoms. The van der Waals surface area contributed by atoms with Gasteiger partial charge >= 0.3 is 5.97 Å². The molecule has 1 aromatic rings. The summed E-state index contributed by atoms with van der Waals surface area (Å²) in [7, 11) is 0. The largest absolute Gasteiger partial charge is 0.481 e. The summed E-state index contributed by atoms with van der Waals surface area (Å²) in [5.41, 5.74) is 7.39. The lowest BCUT2D eigenvalue weighted by Gasteiger charge is -2.19. The molecule has 2 atom stereocenters. The van der Waals surface area contributed by atoms with E-state index in [1.54, 1.807) is 0 Å². The molecular weight excluding hydrogens is 202 g/mol. The third-order valence-corrected chi connectivity index (χ3v) is 3.05. The third kappa shape index (κ3) is 2.83. The fourth-order valence-corrected chi connectivity index (χ4v) is 1.81. The minimum atomic E-state index is -0.755. The van der Waals surface area contributed by atoms with Gasteiger partial charge in [0.25, 0.3) is 0 Å². The van der Waals surface area contributed by atoms with Crippen LogP contribution in [0.1, 0.15) is 37.3 Å². The Morgan fingerprint density at radius 2 is 1.94 bits per heavy atom. The number of hydrogen-bond donors (Lipinski definition) is 2. The van der Waals surface area contributed by atoms with Crippen molar-refractivity contribution >= 4 is 5.97 Å². The molecule has 0 saturated carbocycles. The molecule has 0 aliphatic carbocycles. The Hall–Kier alpha value is -1.35. The second-order valence-electron chi connectivity index (χ2n) is 4.15. The third-order valence-electron chi connectivity index (χ3n) is 3.05. The van der Waals surface area contributed by atoms with E-state index in [2.05, 4.69) is 0 Å². The summed E-state index contributed by atoms with van der Waals surface area (Å²) >= 11 is 0. The van der Waals surface area contributed by atoms with Gasteiger partial charge in [0.05, 0.1) is 5.92 Å². The van der Waals surface area contributed by atoms with Gasteiger partial charge in [-0.3, -0.25) is 4.79 Å². The van der Waals surface area contributed by atoms with Crippen LogP contribution in [-0.4, -0.2) is 11.1 Å². The number of aliphatic carboxylic acids is 1. The van der Waals surface area contributed by atoms with Gasteiger partial charge in [0, 0.05) is 6.54 Å². The van der Waals surface area contributed by atoms with Gasteiger partial charge in [-0.25, -0.2) is 0 Å². The molecule has 88 valence electrons. The number of hydrogen-bond acceptors (Lipinski definition) is 2. The van der Waals surface area contributed by atoms with Crippen molar-refractivity contribution < 1.29 is 9.90 Å². The Labute approximate surface area is 96.3 Å². The van der Waals surface area contributed by atoms with E-state index in [9.17, 15) is 9.90 Å². The van der Waals surface area contributed by atoms with E-state index < -0.39 is 11.9 Å². The molecule has 1 rings (SSSR count). The number of carbonyl (C=O) groups is 1. The first-order valence-corrected chi connectivity index (χ1v) is 5.61. The van der Waals surface area contributed by atoms with Crippen molar-refractivity contribution in [2.24, 2.45) is 11.7 Å². The summed E-state index contributed by atoms with van der Waals surface area (Å²) in [6.45, 7) is 4.46. The van der Waals surface area contributed by atoms with Crippen LogP contribution < -0.4 is 5.73 Å². The molecule has 3 heteroatoms. The number of carboxylic acids is 1. The van der Waals surface area contributed by atoms with E-state index in [1.807, 2.05) is 38.1 Å². The minimum absolute atomic E-state index is 0.140. The molecule has 3 nitrogen and oxygen atoms in total. The summed E-state index contributed by atoms with van der Waals surface area (Å²) in [4.78, 5) is 11.2. The molecule has 3 N–H and O–H groups in total. The van der Waals surface area contributed by atoms with E-state index in [4.69, 9.17) is 5.73 Å². The second-order valence-corrected chi connectivity index (χ2v) is 4.15. The van der Waals surface area contributed by atoms with Gasteiger partial charge in [0.2, 0.25) is 0 Å². The SMILES string of the molecule is CCC(C)C(C(=O)O)c1ccc(CN)cc1. The van der Waals surface area contributed by atoms with Crippen LogP contribution in [0, 0.1) is 5.92 Å². The van der Waals surface area contributed by atoms with Crippen LogP contribution in [0.25, 0.3) is 0 Å². The highest BCUT2D eigenvalue weighted by atomic mass is 16.4. The quantitative estimate of drug-likeness (QED) is 0.802. The predicted octanol–water partition coefficient (Wildman–Crippen LogP) is 2.36. The maximum atomic E-state index is 11.2. The number of rotatable bonds is 5. The van der Waals surface area contributed by atoms with Crippen LogP contribution in [0.5, 0.6) is 0 Å². The molecule has 0 aliphatic heterocycles. The Morgan fingerprint density at radius 3 is 2.31 bits per heavy atom. The fourth-order valence-electron chi connectivity index (χ4n) is 1.81. The molecule has 0 aliphatic rings. The van der Waals surface area contributed by atoms with Crippen molar-refractivity contribution in [2.45, 2.75) is 32.7 Å². The smallest absolute Gasteiger partial charge is 0.311 e. The summed E-state index contributed by atoms with van der Waals surface area (Å²) in [5, 5.41) is 9.23. The minimum Gasteiger partial charge on any atom is -0.481 e. The normalized spacial score (nSPS) is 14.4. The number of nitrogens with two attached hydrogens (primary N) is 1. The summed E-state index contributed by atoms with van der Waals surface area (Å²) in [6.07, 6.45) is 0.857. The van der Waals surface area contributed by atoms with Crippen molar-refractivity contribution in [1.29, 1.82) is 0 Å². The van der Waals surface area contributed by atoms with E-state index in [1.165, 1.54) is 0 Å². The van der Waals surface area contributed by atoms with Crippen LogP contribution in [0.4, 0.5) is 0 Å². The van der Waals surface area contributed by atoms with E-state index >= 15 is 0 Å². The zero-order valence-corrected chi connectivity index (χ0v) is 9.81. The highest BCUT2D eigenvalue weighted by Crippen LogP contribution is 2.27. The Kier molecular flexibility index (Phi) is 4.50. The average molecular weight is 221 g/mol. The number of carboxylic acid groups (broad SMARTS) is 1. The highest BCUT2D eigenvalue weighted by Gasteiger charge is 2.24. The maximum absolute atomic E-state index is 11.2. The van der Waals surface area contributed by atoms with Crippen LogP contribution in [-0.2, 0) is 11.3 Å². The van der Waals surface area contributed by atoms with E-state index in [-0.39, 0.29) is 5.92 Å². The average Bonchev–Trinajstić information content (AvgIpc) is 2.29. The van der Waals surface area contributed by atoms with Gasteiger partial charge in [0.1, 0.15) is 0 Å². The second kappa shape index (κ2) is 5.66. The van der Waals surface area contributed by atoms with Gasteiger partial charge < -0.3 is 10.8 Å². The molecule has 1 aromatic carbocycles. The van der Waals surface area contributed by atoms with Crippen molar-refractivity contribution in [3.63, 3.8) is 0 Å². The fraction of sp³-hybridized carbons (Fsp3) is 0.462. The van der Waals surface area contributed by atoms with Crippen LogP contribution in [0.3, 0.4) is 0 Å². The molecule has 0 heterocycles.